The van der Waals surface area contributed by atoms with Gasteiger partial charge in [0.25, 0.3) is 0 Å². The molecule has 1 fully saturated rings. The number of carbonyl (C=O) groups is 2. The van der Waals surface area contributed by atoms with Crippen molar-refractivity contribution in [3.8, 4) is 17.1 Å². The van der Waals surface area contributed by atoms with Crippen molar-refractivity contribution in [3.05, 3.63) is 35.7 Å². The molecule has 0 saturated carbocycles. The third-order valence-corrected chi connectivity index (χ3v) is 5.43. The summed E-state index contributed by atoms with van der Waals surface area (Å²) < 4.78 is 5.28. The molecule has 2 aliphatic heterocycles. The maximum atomic E-state index is 12.9. The molecular weight excluding hydrogens is 344 g/mol. The fourth-order valence-corrected chi connectivity index (χ4v) is 3.89. The normalized spacial score (nSPS) is 19.3. The molecule has 0 spiro atoms. The quantitative estimate of drug-likeness (QED) is 0.893. The second kappa shape index (κ2) is 7.06. The van der Waals surface area contributed by atoms with E-state index in [9.17, 15) is 9.59 Å². The summed E-state index contributed by atoms with van der Waals surface area (Å²) in [5, 5.41) is 0. The highest BCUT2D eigenvalue weighted by Gasteiger charge is 2.37. The molecule has 7 heteroatoms. The molecule has 142 valence electrons. The van der Waals surface area contributed by atoms with Gasteiger partial charge in [-0.25, -0.2) is 4.98 Å². The lowest BCUT2D eigenvalue weighted by Gasteiger charge is -2.28. The molecule has 0 bridgehead atoms. The number of rotatable bonds is 4. The summed E-state index contributed by atoms with van der Waals surface area (Å²) in [6, 6.07) is 7.76. The van der Waals surface area contributed by atoms with Gasteiger partial charge < -0.3 is 19.5 Å². The first-order chi connectivity index (χ1) is 13.1. The minimum Gasteiger partial charge on any atom is -0.497 e. The first kappa shape index (κ1) is 17.6. The molecule has 2 aromatic rings. The number of benzene rings is 1. The summed E-state index contributed by atoms with van der Waals surface area (Å²) in [5.41, 5.74) is 2.94. The fraction of sp³-hybridized carbons (Fsp3) is 0.450. The molecule has 27 heavy (non-hydrogen) atoms. The van der Waals surface area contributed by atoms with Gasteiger partial charge in [-0.15, -0.1) is 0 Å². The van der Waals surface area contributed by atoms with Crippen molar-refractivity contribution in [1.29, 1.82) is 0 Å². The van der Waals surface area contributed by atoms with Crippen LogP contribution in [-0.4, -0.2) is 58.3 Å². The van der Waals surface area contributed by atoms with E-state index in [1.54, 1.807) is 12.0 Å². The number of likely N-dealkylation sites (tertiary alicyclic amines) is 1. The molecule has 1 aromatic carbocycles. The Labute approximate surface area is 158 Å². The van der Waals surface area contributed by atoms with Gasteiger partial charge in [0.15, 0.2) is 0 Å². The van der Waals surface area contributed by atoms with Crippen molar-refractivity contribution in [2.75, 3.05) is 26.7 Å². The number of hydrogen-bond donors (Lipinski definition) is 1. The van der Waals surface area contributed by atoms with Crippen LogP contribution >= 0.6 is 0 Å². The van der Waals surface area contributed by atoms with Crippen molar-refractivity contribution in [3.63, 3.8) is 0 Å². The van der Waals surface area contributed by atoms with Crippen LogP contribution in [0.2, 0.25) is 0 Å². The number of hydrogen-bond acceptors (Lipinski definition) is 4. The van der Waals surface area contributed by atoms with E-state index in [4.69, 9.17) is 9.72 Å². The van der Waals surface area contributed by atoms with Crippen LogP contribution in [0.3, 0.4) is 0 Å². The Hall–Kier alpha value is -2.83. The minimum atomic E-state index is -0.222. The molecular formula is C20H24N4O3. The molecule has 3 heterocycles. The maximum Gasteiger partial charge on any atom is 0.228 e. The molecule has 1 aromatic heterocycles. The van der Waals surface area contributed by atoms with Crippen LogP contribution in [0.5, 0.6) is 5.75 Å². The molecule has 7 nitrogen and oxygen atoms in total. The van der Waals surface area contributed by atoms with Crippen LogP contribution in [0.15, 0.2) is 24.3 Å². The van der Waals surface area contributed by atoms with E-state index in [0.29, 0.717) is 32.6 Å². The van der Waals surface area contributed by atoms with E-state index in [1.165, 1.54) is 0 Å². The zero-order valence-corrected chi connectivity index (χ0v) is 15.7. The van der Waals surface area contributed by atoms with E-state index in [2.05, 4.69) is 4.98 Å². The Balaban J connectivity index is 1.49. The molecule has 1 atom stereocenters. The molecule has 2 amide bonds. The summed E-state index contributed by atoms with van der Waals surface area (Å²) in [6.07, 6.45) is 1.05. The number of methoxy groups -OCH3 is 1. The molecule has 1 saturated heterocycles. The van der Waals surface area contributed by atoms with E-state index < -0.39 is 0 Å². The third kappa shape index (κ3) is 3.29. The summed E-state index contributed by atoms with van der Waals surface area (Å²) >= 11 is 0. The number of imidazole rings is 1. The zero-order valence-electron chi connectivity index (χ0n) is 15.7. The number of nitrogens with zero attached hydrogens (tertiary/aromatic N) is 3. The van der Waals surface area contributed by atoms with Gasteiger partial charge in [0.1, 0.15) is 11.6 Å². The van der Waals surface area contributed by atoms with E-state index >= 15 is 0 Å². The molecule has 0 radical (unpaired) electrons. The first-order valence-corrected chi connectivity index (χ1v) is 9.37. The van der Waals surface area contributed by atoms with Crippen LogP contribution in [0.1, 0.15) is 24.7 Å². The van der Waals surface area contributed by atoms with Gasteiger partial charge in [0.05, 0.1) is 31.0 Å². The van der Waals surface area contributed by atoms with Gasteiger partial charge in [-0.2, -0.15) is 0 Å². The average Bonchev–Trinajstić information content (AvgIpc) is 3.30. The number of fused-ring (bicyclic) bond motifs is 1. The van der Waals surface area contributed by atoms with Crippen LogP contribution in [-0.2, 0) is 22.6 Å². The molecule has 2 aliphatic rings. The monoisotopic (exact) mass is 368 g/mol. The smallest absolute Gasteiger partial charge is 0.228 e. The number of ether oxygens (including phenoxy) is 1. The average molecular weight is 368 g/mol. The lowest BCUT2D eigenvalue weighted by molar-refractivity contribution is -0.136. The van der Waals surface area contributed by atoms with Crippen LogP contribution < -0.4 is 4.74 Å². The Kier molecular flexibility index (Phi) is 4.59. The molecule has 0 aliphatic carbocycles. The molecule has 0 unspecified atom stereocenters. The highest BCUT2D eigenvalue weighted by molar-refractivity contribution is 5.89. The van der Waals surface area contributed by atoms with Gasteiger partial charge >= 0.3 is 0 Å². The van der Waals surface area contributed by atoms with Crippen molar-refractivity contribution in [2.24, 2.45) is 5.92 Å². The summed E-state index contributed by atoms with van der Waals surface area (Å²) in [6.45, 7) is 4.31. The van der Waals surface area contributed by atoms with Gasteiger partial charge in [-0.1, -0.05) is 12.1 Å². The fourth-order valence-electron chi connectivity index (χ4n) is 3.89. The number of aromatic nitrogens is 2. The second-order valence-electron chi connectivity index (χ2n) is 7.09. The Bertz CT molecular complexity index is 876. The Morgan fingerprint density at radius 3 is 3.00 bits per heavy atom. The Morgan fingerprint density at radius 2 is 2.26 bits per heavy atom. The van der Waals surface area contributed by atoms with Crippen LogP contribution in [0.25, 0.3) is 11.4 Å². The highest BCUT2D eigenvalue weighted by atomic mass is 16.5. The first-order valence-electron chi connectivity index (χ1n) is 9.37. The van der Waals surface area contributed by atoms with Crippen molar-refractivity contribution in [1.82, 2.24) is 19.8 Å². The molecule has 1 N–H and O–H groups in total. The van der Waals surface area contributed by atoms with E-state index in [0.717, 1.165) is 34.9 Å². The number of H-pyrrole nitrogens is 1. The summed E-state index contributed by atoms with van der Waals surface area (Å²) in [5.74, 6) is 1.50. The zero-order chi connectivity index (χ0) is 19.0. The summed E-state index contributed by atoms with van der Waals surface area (Å²) in [7, 11) is 1.64. The number of nitrogens with one attached hydrogen (secondary N) is 1. The SMILES string of the molecule is CCN1C[C@H](C(=O)N2CCc3nc(-c4cccc(OC)c4)[nH]c3C2)CC1=O. The predicted molar refractivity (Wildman–Crippen MR) is 100 cm³/mol. The van der Waals surface area contributed by atoms with Gasteiger partial charge in [-0.05, 0) is 19.1 Å². The van der Waals surface area contributed by atoms with Crippen LogP contribution in [0.4, 0.5) is 0 Å². The maximum absolute atomic E-state index is 12.9. The summed E-state index contributed by atoms with van der Waals surface area (Å²) in [4.78, 5) is 36.5. The number of aromatic amines is 1. The lowest BCUT2D eigenvalue weighted by atomic mass is 10.0. The van der Waals surface area contributed by atoms with Gasteiger partial charge in [0.2, 0.25) is 11.8 Å². The Morgan fingerprint density at radius 1 is 1.41 bits per heavy atom. The van der Waals surface area contributed by atoms with Gasteiger partial charge in [-0.3, -0.25) is 9.59 Å². The number of carbonyl (C=O) groups excluding carboxylic acids is 2. The van der Waals surface area contributed by atoms with Crippen molar-refractivity contribution < 1.29 is 14.3 Å². The lowest BCUT2D eigenvalue weighted by Crippen LogP contribution is -2.40. The standard InChI is InChI=1S/C20H24N4O3/c1-3-23-11-14(10-18(23)25)20(26)24-8-7-16-17(12-24)22-19(21-16)13-5-4-6-15(9-13)27-2/h4-6,9,14H,3,7-8,10-12H2,1-2H3,(H,21,22)/t14-/m1/s1. The van der Waals surface area contributed by atoms with Crippen molar-refractivity contribution in [2.45, 2.75) is 26.3 Å². The predicted octanol–water partition coefficient (Wildman–Crippen LogP) is 1.84. The van der Waals surface area contributed by atoms with E-state index in [-0.39, 0.29) is 17.7 Å². The van der Waals surface area contributed by atoms with Gasteiger partial charge in [0, 0.05) is 38.0 Å². The topological polar surface area (TPSA) is 78.5 Å². The minimum absolute atomic E-state index is 0.0717. The highest BCUT2D eigenvalue weighted by Crippen LogP contribution is 2.27. The van der Waals surface area contributed by atoms with Crippen molar-refractivity contribution >= 4 is 11.8 Å². The van der Waals surface area contributed by atoms with E-state index in [1.807, 2.05) is 36.1 Å². The van der Waals surface area contributed by atoms with Crippen LogP contribution in [0, 0.1) is 5.92 Å². The third-order valence-electron chi connectivity index (χ3n) is 5.43. The number of amides is 2. The largest absolute Gasteiger partial charge is 0.497 e. The molecule has 4 rings (SSSR count). The second-order valence-corrected chi connectivity index (χ2v) is 7.09.